The Kier molecular flexibility index (Phi) is 3.59. The Hall–Kier alpha value is -1.52. The number of ketones is 1. The first-order valence-electron chi connectivity index (χ1n) is 5.23. The van der Waals surface area contributed by atoms with Crippen LogP contribution in [-0.4, -0.2) is 15.6 Å². The maximum atomic E-state index is 12.1. The van der Waals surface area contributed by atoms with Crippen molar-refractivity contribution in [3.8, 4) is 0 Å². The number of carbonyl (C=O) groups excluding carboxylic acids is 1. The van der Waals surface area contributed by atoms with Gasteiger partial charge >= 0.3 is 0 Å². The number of nitrogens with two attached hydrogens (primary N) is 1. The number of hydrogen-bond donors (Lipinski definition) is 1. The number of aromatic nitrogens is 2. The van der Waals surface area contributed by atoms with Crippen LogP contribution in [0.4, 0.5) is 5.82 Å². The van der Waals surface area contributed by atoms with Crippen LogP contribution in [0.2, 0.25) is 10.0 Å². The molecule has 2 aromatic rings. The molecular weight excluding hydrogens is 273 g/mol. The molecule has 0 saturated carbocycles. The Bertz CT molecular complexity index is 607. The zero-order valence-corrected chi connectivity index (χ0v) is 11.2. The average molecular weight is 284 g/mol. The van der Waals surface area contributed by atoms with Gasteiger partial charge in [0.15, 0.2) is 5.78 Å². The highest BCUT2D eigenvalue weighted by atomic mass is 35.5. The second-order valence-electron chi connectivity index (χ2n) is 3.90. The van der Waals surface area contributed by atoms with E-state index in [-0.39, 0.29) is 12.2 Å². The third-order valence-electron chi connectivity index (χ3n) is 2.64. The van der Waals surface area contributed by atoms with Crippen molar-refractivity contribution in [2.45, 2.75) is 6.42 Å². The van der Waals surface area contributed by atoms with E-state index in [0.29, 0.717) is 27.0 Å². The minimum atomic E-state index is -0.134. The lowest BCUT2D eigenvalue weighted by molar-refractivity contribution is 0.0994. The Morgan fingerprint density at radius 2 is 2.17 bits per heavy atom. The lowest BCUT2D eigenvalue weighted by Gasteiger charge is -2.04. The number of rotatable bonds is 3. The molecule has 2 N–H and O–H groups in total. The van der Waals surface area contributed by atoms with Crippen LogP contribution in [-0.2, 0) is 13.5 Å². The summed E-state index contributed by atoms with van der Waals surface area (Å²) in [7, 11) is 1.68. The standard InChI is InChI=1S/C12H11Cl2N3O/c1-17-12(15)9(6-16-17)11(18)5-7-4-8(13)2-3-10(7)14/h2-4,6H,5,15H2,1H3. The number of Topliss-reactive ketones (excluding diaryl/α,β-unsaturated/α-hetero) is 1. The van der Waals surface area contributed by atoms with E-state index in [2.05, 4.69) is 5.10 Å². The molecule has 0 spiro atoms. The summed E-state index contributed by atoms with van der Waals surface area (Å²) in [6.45, 7) is 0. The van der Waals surface area contributed by atoms with E-state index < -0.39 is 0 Å². The van der Waals surface area contributed by atoms with Crippen molar-refractivity contribution >= 4 is 34.8 Å². The molecule has 18 heavy (non-hydrogen) atoms. The minimum absolute atomic E-state index is 0.134. The number of nitrogens with zero attached hydrogens (tertiary/aromatic N) is 2. The lowest BCUT2D eigenvalue weighted by atomic mass is 10.1. The number of hydrogen-bond acceptors (Lipinski definition) is 3. The van der Waals surface area contributed by atoms with Crippen LogP contribution in [0.25, 0.3) is 0 Å². The van der Waals surface area contributed by atoms with Gasteiger partial charge in [-0.1, -0.05) is 23.2 Å². The third kappa shape index (κ3) is 2.49. The molecule has 4 nitrogen and oxygen atoms in total. The van der Waals surface area contributed by atoms with Crippen molar-refractivity contribution in [2.24, 2.45) is 7.05 Å². The molecule has 6 heteroatoms. The first-order chi connectivity index (χ1) is 8.49. The van der Waals surface area contributed by atoms with Gasteiger partial charge in [-0.25, -0.2) is 0 Å². The summed E-state index contributed by atoms with van der Waals surface area (Å²) < 4.78 is 1.45. The molecule has 0 bridgehead atoms. The zero-order chi connectivity index (χ0) is 13.3. The predicted molar refractivity (Wildman–Crippen MR) is 72.1 cm³/mol. The Morgan fingerprint density at radius 1 is 1.44 bits per heavy atom. The average Bonchev–Trinajstić information content (AvgIpc) is 2.65. The van der Waals surface area contributed by atoms with Crippen molar-refractivity contribution in [3.63, 3.8) is 0 Å². The van der Waals surface area contributed by atoms with Crippen LogP contribution in [0.15, 0.2) is 24.4 Å². The van der Waals surface area contributed by atoms with Crippen molar-refractivity contribution in [3.05, 3.63) is 45.6 Å². The molecule has 2 rings (SSSR count). The molecule has 0 aliphatic carbocycles. The number of aryl methyl sites for hydroxylation is 1. The molecule has 0 unspecified atom stereocenters. The number of halogens is 2. The fraction of sp³-hybridized carbons (Fsp3) is 0.167. The van der Waals surface area contributed by atoms with Crippen molar-refractivity contribution < 1.29 is 4.79 Å². The van der Waals surface area contributed by atoms with Gasteiger partial charge in [-0.05, 0) is 23.8 Å². The molecule has 1 aromatic carbocycles. The Morgan fingerprint density at radius 3 is 2.78 bits per heavy atom. The SMILES string of the molecule is Cn1ncc(C(=O)Cc2cc(Cl)ccc2Cl)c1N. The van der Waals surface area contributed by atoms with Crippen LogP contribution in [0.3, 0.4) is 0 Å². The summed E-state index contributed by atoms with van der Waals surface area (Å²) in [5.41, 5.74) is 6.82. The molecule has 94 valence electrons. The number of anilines is 1. The third-order valence-corrected chi connectivity index (χ3v) is 3.25. The Balaban J connectivity index is 2.27. The van der Waals surface area contributed by atoms with Gasteiger partial charge in [-0.3, -0.25) is 9.48 Å². The van der Waals surface area contributed by atoms with E-state index in [4.69, 9.17) is 28.9 Å². The molecule has 1 heterocycles. The molecule has 0 aliphatic heterocycles. The van der Waals surface area contributed by atoms with Gasteiger partial charge in [-0.15, -0.1) is 0 Å². The van der Waals surface area contributed by atoms with Gasteiger partial charge in [-0.2, -0.15) is 5.10 Å². The van der Waals surface area contributed by atoms with E-state index >= 15 is 0 Å². The fourth-order valence-corrected chi connectivity index (χ4v) is 1.99. The molecular formula is C12H11Cl2N3O. The highest BCUT2D eigenvalue weighted by Gasteiger charge is 2.15. The van der Waals surface area contributed by atoms with E-state index in [0.717, 1.165) is 0 Å². The van der Waals surface area contributed by atoms with Gasteiger partial charge in [0.2, 0.25) is 0 Å². The summed E-state index contributed by atoms with van der Waals surface area (Å²) >= 11 is 11.9. The van der Waals surface area contributed by atoms with E-state index in [1.807, 2.05) is 0 Å². The van der Waals surface area contributed by atoms with Crippen LogP contribution in [0.5, 0.6) is 0 Å². The Labute approximate surface area is 114 Å². The molecule has 0 saturated heterocycles. The van der Waals surface area contributed by atoms with Gasteiger partial charge in [0.1, 0.15) is 5.82 Å². The predicted octanol–water partition coefficient (Wildman–Crippen LogP) is 2.73. The summed E-state index contributed by atoms with van der Waals surface area (Å²) in [6, 6.07) is 5.02. The first kappa shape index (κ1) is 12.9. The molecule has 0 amide bonds. The summed E-state index contributed by atoms with van der Waals surface area (Å²) in [5.74, 6) is 0.211. The highest BCUT2D eigenvalue weighted by Crippen LogP contribution is 2.23. The zero-order valence-electron chi connectivity index (χ0n) is 9.65. The first-order valence-corrected chi connectivity index (χ1v) is 5.99. The molecule has 0 fully saturated rings. The maximum Gasteiger partial charge on any atom is 0.172 e. The van der Waals surface area contributed by atoms with Crippen LogP contribution >= 0.6 is 23.2 Å². The molecule has 0 radical (unpaired) electrons. The summed E-state index contributed by atoms with van der Waals surface area (Å²) in [4.78, 5) is 12.1. The van der Waals surface area contributed by atoms with Crippen LogP contribution in [0.1, 0.15) is 15.9 Å². The van der Waals surface area contributed by atoms with Crippen LogP contribution in [0, 0.1) is 0 Å². The largest absolute Gasteiger partial charge is 0.383 e. The van der Waals surface area contributed by atoms with Gasteiger partial charge in [0, 0.05) is 23.5 Å². The number of nitrogen functional groups attached to an aromatic ring is 1. The van der Waals surface area contributed by atoms with Crippen molar-refractivity contribution in [1.29, 1.82) is 0 Å². The minimum Gasteiger partial charge on any atom is -0.383 e. The number of carbonyl (C=O) groups is 1. The van der Waals surface area contributed by atoms with Gasteiger partial charge in [0.05, 0.1) is 11.8 Å². The summed E-state index contributed by atoms with van der Waals surface area (Å²) in [5, 5.41) is 4.98. The normalized spacial score (nSPS) is 10.6. The van der Waals surface area contributed by atoms with Crippen molar-refractivity contribution in [1.82, 2.24) is 9.78 Å². The van der Waals surface area contributed by atoms with Crippen LogP contribution < -0.4 is 5.73 Å². The van der Waals surface area contributed by atoms with E-state index in [1.54, 1.807) is 25.2 Å². The monoisotopic (exact) mass is 283 g/mol. The fourth-order valence-electron chi connectivity index (χ4n) is 1.61. The second-order valence-corrected chi connectivity index (χ2v) is 4.75. The summed E-state index contributed by atoms with van der Waals surface area (Å²) in [6.07, 6.45) is 1.60. The topological polar surface area (TPSA) is 60.9 Å². The van der Waals surface area contributed by atoms with Crippen molar-refractivity contribution in [2.75, 3.05) is 5.73 Å². The van der Waals surface area contributed by atoms with Gasteiger partial charge < -0.3 is 5.73 Å². The van der Waals surface area contributed by atoms with Gasteiger partial charge in [0.25, 0.3) is 0 Å². The highest BCUT2D eigenvalue weighted by molar-refractivity contribution is 6.33. The quantitative estimate of drug-likeness (QED) is 0.881. The smallest absolute Gasteiger partial charge is 0.172 e. The molecule has 0 atom stereocenters. The molecule has 0 aliphatic rings. The maximum absolute atomic E-state index is 12.1. The molecule has 1 aromatic heterocycles. The lowest BCUT2D eigenvalue weighted by Crippen LogP contribution is -2.07. The second kappa shape index (κ2) is 5.00. The number of benzene rings is 1. The van der Waals surface area contributed by atoms with E-state index in [1.165, 1.54) is 10.9 Å². The van der Waals surface area contributed by atoms with E-state index in [9.17, 15) is 4.79 Å².